The molecule has 1 aromatic carbocycles. The molecule has 2 aromatic rings. The van der Waals surface area contributed by atoms with Crippen molar-refractivity contribution in [3.63, 3.8) is 0 Å². The van der Waals surface area contributed by atoms with Crippen molar-refractivity contribution in [2.45, 2.75) is 6.54 Å². The quantitative estimate of drug-likeness (QED) is 0.850. The lowest BCUT2D eigenvalue weighted by Gasteiger charge is -2.20. The van der Waals surface area contributed by atoms with E-state index in [0.717, 1.165) is 23.5 Å². The topological polar surface area (TPSA) is 58.3 Å². The predicted molar refractivity (Wildman–Crippen MR) is 90.8 cm³/mol. The van der Waals surface area contributed by atoms with Gasteiger partial charge in [0, 0.05) is 39.4 Å². The molecule has 21 heavy (non-hydrogen) atoms. The summed E-state index contributed by atoms with van der Waals surface area (Å²) in [5, 5.41) is 0. The first-order chi connectivity index (χ1) is 9.97. The van der Waals surface area contributed by atoms with Gasteiger partial charge in [-0.15, -0.1) is 0 Å². The van der Waals surface area contributed by atoms with Gasteiger partial charge in [0.25, 0.3) is 0 Å². The summed E-state index contributed by atoms with van der Waals surface area (Å²) in [6.45, 7) is 0.723. The molecule has 1 aromatic heterocycles. The Morgan fingerprint density at radius 1 is 1.24 bits per heavy atom. The number of aromatic nitrogens is 2. The van der Waals surface area contributed by atoms with E-state index >= 15 is 0 Å². The zero-order valence-corrected chi connectivity index (χ0v) is 13.3. The number of hydrogen-bond donors (Lipinski definition) is 1. The van der Waals surface area contributed by atoms with E-state index in [2.05, 4.69) is 14.9 Å². The highest BCUT2D eigenvalue weighted by molar-refractivity contribution is 7.80. The van der Waals surface area contributed by atoms with E-state index in [0.29, 0.717) is 10.9 Å². The maximum absolute atomic E-state index is 5.67. The minimum Gasteiger partial charge on any atom is -0.389 e. The van der Waals surface area contributed by atoms with Gasteiger partial charge in [-0.05, 0) is 17.7 Å². The summed E-state index contributed by atoms with van der Waals surface area (Å²) in [7, 11) is 5.84. The molecule has 110 valence electrons. The molecule has 0 spiro atoms. The second-order valence-corrected chi connectivity index (χ2v) is 5.47. The molecule has 0 aliphatic heterocycles. The zero-order valence-electron chi connectivity index (χ0n) is 12.4. The lowest BCUT2D eigenvalue weighted by Crippen LogP contribution is -2.20. The molecule has 2 rings (SSSR count). The SMILES string of the molecule is CN(C)c1nccc(N(C)Cc2cccc(C(N)=S)c2)n1. The Hall–Kier alpha value is -2.21. The smallest absolute Gasteiger partial charge is 0.226 e. The van der Waals surface area contributed by atoms with Crippen molar-refractivity contribution < 1.29 is 0 Å². The number of nitrogens with two attached hydrogens (primary N) is 1. The van der Waals surface area contributed by atoms with Crippen LogP contribution < -0.4 is 15.5 Å². The molecule has 0 saturated carbocycles. The van der Waals surface area contributed by atoms with Crippen LogP contribution in [0.2, 0.25) is 0 Å². The lowest BCUT2D eigenvalue weighted by atomic mass is 10.1. The normalized spacial score (nSPS) is 10.2. The van der Waals surface area contributed by atoms with E-state index in [4.69, 9.17) is 18.0 Å². The second-order valence-electron chi connectivity index (χ2n) is 5.03. The fraction of sp³-hybridized carbons (Fsp3) is 0.267. The first-order valence-electron chi connectivity index (χ1n) is 6.57. The van der Waals surface area contributed by atoms with Crippen LogP contribution in [0.4, 0.5) is 11.8 Å². The Morgan fingerprint density at radius 2 is 2.00 bits per heavy atom. The number of benzene rings is 1. The van der Waals surface area contributed by atoms with Crippen molar-refractivity contribution in [1.82, 2.24) is 9.97 Å². The van der Waals surface area contributed by atoms with E-state index in [1.54, 1.807) is 6.20 Å². The van der Waals surface area contributed by atoms with Gasteiger partial charge in [0.15, 0.2) is 0 Å². The minimum atomic E-state index is 0.413. The fourth-order valence-corrected chi connectivity index (χ4v) is 2.07. The Balaban J connectivity index is 2.17. The van der Waals surface area contributed by atoms with Gasteiger partial charge in [-0.25, -0.2) is 4.98 Å². The fourth-order valence-electron chi connectivity index (χ4n) is 1.95. The predicted octanol–water partition coefficient (Wildman–Crippen LogP) is 1.81. The maximum Gasteiger partial charge on any atom is 0.226 e. The summed E-state index contributed by atoms with van der Waals surface area (Å²) in [6, 6.07) is 9.83. The van der Waals surface area contributed by atoms with Crippen LogP contribution in [-0.4, -0.2) is 36.1 Å². The number of anilines is 2. The van der Waals surface area contributed by atoms with Crippen LogP contribution >= 0.6 is 12.2 Å². The number of hydrogen-bond acceptors (Lipinski definition) is 5. The second kappa shape index (κ2) is 6.49. The monoisotopic (exact) mass is 301 g/mol. The summed E-state index contributed by atoms with van der Waals surface area (Å²) in [4.78, 5) is 13.1. The van der Waals surface area contributed by atoms with Gasteiger partial charge >= 0.3 is 0 Å². The van der Waals surface area contributed by atoms with Crippen LogP contribution in [0.5, 0.6) is 0 Å². The van der Waals surface area contributed by atoms with Crippen LogP contribution in [0.3, 0.4) is 0 Å². The van der Waals surface area contributed by atoms with Crippen molar-refractivity contribution >= 4 is 29.0 Å². The molecule has 0 radical (unpaired) electrons. The molecule has 0 amide bonds. The van der Waals surface area contributed by atoms with Gasteiger partial charge in [0.2, 0.25) is 5.95 Å². The average molecular weight is 301 g/mol. The third-order valence-corrected chi connectivity index (χ3v) is 3.29. The lowest BCUT2D eigenvalue weighted by molar-refractivity contribution is 0.880. The number of nitrogens with zero attached hydrogens (tertiary/aromatic N) is 4. The molecule has 6 heteroatoms. The molecule has 0 bridgehead atoms. The third kappa shape index (κ3) is 3.88. The van der Waals surface area contributed by atoms with Crippen molar-refractivity contribution in [1.29, 1.82) is 0 Å². The van der Waals surface area contributed by atoms with Crippen LogP contribution in [0.1, 0.15) is 11.1 Å². The summed E-state index contributed by atoms with van der Waals surface area (Å²) in [6.07, 6.45) is 1.76. The maximum atomic E-state index is 5.67. The van der Waals surface area contributed by atoms with E-state index in [1.165, 1.54) is 0 Å². The highest BCUT2D eigenvalue weighted by Crippen LogP contribution is 2.15. The van der Waals surface area contributed by atoms with Crippen molar-refractivity contribution in [3.05, 3.63) is 47.7 Å². The van der Waals surface area contributed by atoms with Gasteiger partial charge in [-0.2, -0.15) is 4.98 Å². The molecular formula is C15H19N5S. The van der Waals surface area contributed by atoms with E-state index < -0.39 is 0 Å². The van der Waals surface area contributed by atoms with Crippen LogP contribution in [0.15, 0.2) is 36.5 Å². The van der Waals surface area contributed by atoms with E-state index in [1.807, 2.05) is 56.4 Å². The van der Waals surface area contributed by atoms with Crippen molar-refractivity contribution in [2.24, 2.45) is 5.73 Å². The van der Waals surface area contributed by atoms with Gasteiger partial charge in [-0.1, -0.05) is 30.4 Å². The highest BCUT2D eigenvalue weighted by atomic mass is 32.1. The summed E-state index contributed by atoms with van der Waals surface area (Å²) in [5.74, 6) is 1.56. The molecule has 0 aliphatic carbocycles. The van der Waals surface area contributed by atoms with Gasteiger partial charge in [0.1, 0.15) is 10.8 Å². The number of rotatable bonds is 5. The first-order valence-corrected chi connectivity index (χ1v) is 6.98. The van der Waals surface area contributed by atoms with Gasteiger partial charge in [0.05, 0.1) is 0 Å². The molecule has 0 atom stereocenters. The van der Waals surface area contributed by atoms with Gasteiger partial charge < -0.3 is 15.5 Å². The summed E-state index contributed by atoms with van der Waals surface area (Å²) >= 11 is 5.01. The molecule has 2 N–H and O–H groups in total. The average Bonchev–Trinajstić information content (AvgIpc) is 2.47. The Morgan fingerprint density at radius 3 is 2.67 bits per heavy atom. The van der Waals surface area contributed by atoms with Crippen LogP contribution in [-0.2, 0) is 6.54 Å². The Kier molecular flexibility index (Phi) is 4.70. The molecule has 0 unspecified atom stereocenters. The summed E-state index contributed by atoms with van der Waals surface area (Å²) < 4.78 is 0. The van der Waals surface area contributed by atoms with E-state index in [9.17, 15) is 0 Å². The first kappa shape index (κ1) is 15.2. The standard InChI is InChI=1S/C15H19N5S/c1-19(2)15-17-8-7-13(18-15)20(3)10-11-5-4-6-12(9-11)14(16)21/h4-9H,10H2,1-3H3,(H2,16,21). The molecule has 0 saturated heterocycles. The number of thiocarbonyl (C=S) groups is 1. The highest BCUT2D eigenvalue weighted by Gasteiger charge is 2.07. The summed E-state index contributed by atoms with van der Waals surface area (Å²) in [5.41, 5.74) is 7.68. The van der Waals surface area contributed by atoms with Crippen LogP contribution in [0, 0.1) is 0 Å². The molecule has 0 fully saturated rings. The van der Waals surface area contributed by atoms with Crippen molar-refractivity contribution in [3.8, 4) is 0 Å². The molecule has 5 nitrogen and oxygen atoms in total. The van der Waals surface area contributed by atoms with Gasteiger partial charge in [-0.3, -0.25) is 0 Å². The third-order valence-electron chi connectivity index (χ3n) is 3.05. The Labute approximate surface area is 130 Å². The van der Waals surface area contributed by atoms with Crippen LogP contribution in [0.25, 0.3) is 0 Å². The molecular weight excluding hydrogens is 282 g/mol. The molecule has 1 heterocycles. The van der Waals surface area contributed by atoms with E-state index in [-0.39, 0.29) is 0 Å². The molecule has 0 aliphatic rings. The minimum absolute atomic E-state index is 0.413. The van der Waals surface area contributed by atoms with Crippen molar-refractivity contribution in [2.75, 3.05) is 30.9 Å². The largest absolute Gasteiger partial charge is 0.389 e. The zero-order chi connectivity index (χ0) is 15.4. The Bertz CT molecular complexity index is 641.